The molecular weight excluding hydrogens is 150 g/mol. The Labute approximate surface area is 71.8 Å². The lowest BCUT2D eigenvalue weighted by Gasteiger charge is -2.15. The van der Waals surface area contributed by atoms with Gasteiger partial charge in [0.2, 0.25) is 0 Å². The van der Waals surface area contributed by atoms with Crippen molar-refractivity contribution in [3.05, 3.63) is 35.4 Å². The van der Waals surface area contributed by atoms with Gasteiger partial charge < -0.3 is 5.11 Å². The standard InChI is InChI=1S/C10H12NO/c1-11-7-6-8-4-2-3-5-9(8)10(11)12/h2-5,7,10,12H,6H2,1H3/q+1. The summed E-state index contributed by atoms with van der Waals surface area (Å²) < 4.78 is 1.84. The van der Waals surface area contributed by atoms with Crippen LogP contribution in [0.1, 0.15) is 17.4 Å². The van der Waals surface area contributed by atoms with Gasteiger partial charge in [-0.2, -0.15) is 0 Å². The Kier molecular flexibility index (Phi) is 1.70. The second-order valence-electron chi connectivity index (χ2n) is 3.12. The molecule has 0 fully saturated rings. The van der Waals surface area contributed by atoms with Crippen LogP contribution in [0.5, 0.6) is 0 Å². The molecule has 0 saturated heterocycles. The van der Waals surface area contributed by atoms with E-state index in [9.17, 15) is 5.11 Å². The molecule has 2 rings (SSSR count). The van der Waals surface area contributed by atoms with Crippen molar-refractivity contribution in [3.63, 3.8) is 0 Å². The first-order chi connectivity index (χ1) is 5.79. The van der Waals surface area contributed by atoms with E-state index < -0.39 is 6.23 Å². The Bertz CT molecular complexity index is 330. The first kappa shape index (κ1) is 7.50. The number of benzene rings is 1. The minimum atomic E-state index is -0.463. The number of hydrogen-bond donors (Lipinski definition) is 1. The molecule has 0 spiro atoms. The maximum absolute atomic E-state index is 9.72. The first-order valence-corrected chi connectivity index (χ1v) is 4.10. The summed E-state index contributed by atoms with van der Waals surface area (Å²) in [5, 5.41) is 9.72. The summed E-state index contributed by atoms with van der Waals surface area (Å²) >= 11 is 0. The van der Waals surface area contributed by atoms with E-state index in [1.54, 1.807) is 0 Å². The van der Waals surface area contributed by atoms with Gasteiger partial charge in [0.05, 0.1) is 12.0 Å². The third-order valence-corrected chi connectivity index (χ3v) is 2.32. The van der Waals surface area contributed by atoms with Crippen LogP contribution in [0.25, 0.3) is 0 Å². The molecule has 0 saturated carbocycles. The largest absolute Gasteiger partial charge is 0.333 e. The lowest BCUT2D eigenvalue weighted by molar-refractivity contribution is -0.590. The molecular formula is C10H12NO+. The summed E-state index contributed by atoms with van der Waals surface area (Å²) in [6, 6.07) is 8.00. The van der Waals surface area contributed by atoms with E-state index in [-0.39, 0.29) is 0 Å². The molecule has 0 aromatic heterocycles. The highest BCUT2D eigenvalue weighted by Gasteiger charge is 2.22. The number of aliphatic hydroxyl groups is 1. The highest BCUT2D eigenvalue weighted by molar-refractivity contribution is 5.59. The smallest absolute Gasteiger partial charge is 0.281 e. The van der Waals surface area contributed by atoms with Crippen LogP contribution in [0.3, 0.4) is 0 Å². The van der Waals surface area contributed by atoms with Gasteiger partial charge in [0.1, 0.15) is 13.3 Å². The number of nitrogens with zero attached hydrogens (tertiary/aromatic N) is 1. The minimum Gasteiger partial charge on any atom is -0.333 e. The Morgan fingerprint density at radius 2 is 2.17 bits per heavy atom. The van der Waals surface area contributed by atoms with Crippen LogP contribution in [0.15, 0.2) is 24.3 Å². The van der Waals surface area contributed by atoms with Gasteiger partial charge in [0, 0.05) is 0 Å². The quantitative estimate of drug-likeness (QED) is 0.564. The van der Waals surface area contributed by atoms with Gasteiger partial charge in [0.15, 0.2) is 0 Å². The van der Waals surface area contributed by atoms with E-state index >= 15 is 0 Å². The summed E-state index contributed by atoms with van der Waals surface area (Å²) in [5.74, 6) is 0. The summed E-state index contributed by atoms with van der Waals surface area (Å²) in [4.78, 5) is 0. The van der Waals surface area contributed by atoms with Gasteiger partial charge in [-0.05, 0) is 11.6 Å². The normalized spacial score (nSPS) is 21.5. The molecule has 62 valence electrons. The third-order valence-electron chi connectivity index (χ3n) is 2.32. The van der Waals surface area contributed by atoms with Crippen LogP contribution in [0.2, 0.25) is 0 Å². The van der Waals surface area contributed by atoms with Crippen molar-refractivity contribution in [3.8, 4) is 0 Å². The van der Waals surface area contributed by atoms with Gasteiger partial charge >= 0.3 is 0 Å². The first-order valence-electron chi connectivity index (χ1n) is 4.10. The SMILES string of the molecule is C[N+]1=CCc2ccccc2C1O. The Morgan fingerprint density at radius 3 is 3.00 bits per heavy atom. The molecule has 1 heterocycles. The van der Waals surface area contributed by atoms with Crippen LogP contribution in [0.4, 0.5) is 0 Å². The highest BCUT2D eigenvalue weighted by Crippen LogP contribution is 2.21. The van der Waals surface area contributed by atoms with Gasteiger partial charge in [-0.3, -0.25) is 0 Å². The number of aliphatic hydroxyl groups excluding tert-OH is 1. The zero-order valence-corrected chi connectivity index (χ0v) is 7.07. The summed E-state index contributed by atoms with van der Waals surface area (Å²) in [6.07, 6.45) is 2.46. The average Bonchev–Trinajstić information content (AvgIpc) is 2.12. The molecule has 2 nitrogen and oxygen atoms in total. The monoisotopic (exact) mass is 162 g/mol. The molecule has 0 radical (unpaired) electrons. The zero-order valence-electron chi connectivity index (χ0n) is 7.07. The molecule has 0 amide bonds. The lowest BCUT2D eigenvalue weighted by Crippen LogP contribution is -2.22. The summed E-state index contributed by atoms with van der Waals surface area (Å²) in [5.41, 5.74) is 2.26. The van der Waals surface area contributed by atoms with Crippen LogP contribution in [0, 0.1) is 0 Å². The molecule has 0 aliphatic carbocycles. The van der Waals surface area contributed by atoms with Gasteiger partial charge in [0.25, 0.3) is 6.23 Å². The minimum absolute atomic E-state index is 0.463. The van der Waals surface area contributed by atoms with Gasteiger partial charge in [-0.1, -0.05) is 18.2 Å². The molecule has 12 heavy (non-hydrogen) atoms. The van der Waals surface area contributed by atoms with Gasteiger partial charge in [-0.15, -0.1) is 0 Å². The highest BCUT2D eigenvalue weighted by atomic mass is 16.3. The van der Waals surface area contributed by atoms with Crippen molar-refractivity contribution in [1.82, 2.24) is 0 Å². The number of fused-ring (bicyclic) bond motifs is 1. The molecule has 0 bridgehead atoms. The summed E-state index contributed by atoms with van der Waals surface area (Å²) in [6.45, 7) is 0. The molecule has 1 atom stereocenters. The van der Waals surface area contributed by atoms with Crippen molar-refractivity contribution in [1.29, 1.82) is 0 Å². The lowest BCUT2D eigenvalue weighted by atomic mass is 10.0. The molecule has 1 N–H and O–H groups in total. The van der Waals surface area contributed by atoms with Crippen molar-refractivity contribution >= 4 is 6.21 Å². The molecule has 1 unspecified atom stereocenters. The number of rotatable bonds is 0. The van der Waals surface area contributed by atoms with Crippen molar-refractivity contribution in [2.45, 2.75) is 12.6 Å². The Balaban J connectivity index is 2.49. The summed E-state index contributed by atoms with van der Waals surface area (Å²) in [7, 11) is 1.89. The zero-order chi connectivity index (χ0) is 8.55. The average molecular weight is 162 g/mol. The van der Waals surface area contributed by atoms with E-state index in [2.05, 4.69) is 6.07 Å². The van der Waals surface area contributed by atoms with Crippen LogP contribution >= 0.6 is 0 Å². The second kappa shape index (κ2) is 2.72. The topological polar surface area (TPSA) is 23.2 Å². The van der Waals surface area contributed by atoms with Crippen LogP contribution in [-0.2, 0) is 6.42 Å². The van der Waals surface area contributed by atoms with E-state index in [4.69, 9.17) is 0 Å². The van der Waals surface area contributed by atoms with Gasteiger partial charge in [-0.25, -0.2) is 4.58 Å². The van der Waals surface area contributed by atoms with E-state index in [1.807, 2.05) is 36.0 Å². The fourth-order valence-corrected chi connectivity index (χ4v) is 1.53. The van der Waals surface area contributed by atoms with E-state index in [0.717, 1.165) is 12.0 Å². The maximum Gasteiger partial charge on any atom is 0.281 e. The van der Waals surface area contributed by atoms with E-state index in [0.29, 0.717) is 0 Å². The second-order valence-corrected chi connectivity index (χ2v) is 3.12. The van der Waals surface area contributed by atoms with Crippen molar-refractivity contribution in [2.75, 3.05) is 7.05 Å². The van der Waals surface area contributed by atoms with Crippen LogP contribution in [-0.4, -0.2) is 22.9 Å². The molecule has 1 aliphatic heterocycles. The molecule has 2 heteroatoms. The van der Waals surface area contributed by atoms with Crippen LogP contribution < -0.4 is 0 Å². The fraction of sp³-hybridized carbons (Fsp3) is 0.300. The van der Waals surface area contributed by atoms with E-state index in [1.165, 1.54) is 5.56 Å². The molecule has 1 aromatic carbocycles. The molecule has 1 aromatic rings. The Hall–Kier alpha value is -1.15. The Morgan fingerprint density at radius 1 is 1.42 bits per heavy atom. The fourth-order valence-electron chi connectivity index (χ4n) is 1.53. The number of hydrogen-bond acceptors (Lipinski definition) is 1. The molecule has 1 aliphatic rings. The van der Waals surface area contributed by atoms with Crippen molar-refractivity contribution < 1.29 is 9.68 Å². The maximum atomic E-state index is 9.72. The predicted molar refractivity (Wildman–Crippen MR) is 47.4 cm³/mol. The third kappa shape index (κ3) is 1.04. The predicted octanol–water partition coefficient (Wildman–Crippen LogP) is 0.947. The van der Waals surface area contributed by atoms with Crippen molar-refractivity contribution in [2.24, 2.45) is 0 Å².